The monoisotopic (exact) mass is 373 g/mol. The Morgan fingerprint density at radius 2 is 2.04 bits per heavy atom. The van der Waals surface area contributed by atoms with Gasteiger partial charge >= 0.3 is 0 Å². The lowest BCUT2D eigenvalue weighted by Crippen LogP contribution is -2.34. The van der Waals surface area contributed by atoms with Gasteiger partial charge in [-0.1, -0.05) is 57.9 Å². The molecular weight excluding hydrogens is 354 g/mol. The van der Waals surface area contributed by atoms with Crippen molar-refractivity contribution in [1.82, 2.24) is 16.2 Å². The maximum atomic E-state index is 12.6. The first kappa shape index (κ1) is 16.2. The third-order valence-electron chi connectivity index (χ3n) is 4.11. The molecule has 5 heteroatoms. The van der Waals surface area contributed by atoms with Gasteiger partial charge in [0.1, 0.15) is 0 Å². The lowest BCUT2D eigenvalue weighted by molar-refractivity contribution is -0.125. The van der Waals surface area contributed by atoms with E-state index in [1.165, 1.54) is 5.56 Å². The molecule has 0 bridgehead atoms. The van der Waals surface area contributed by atoms with Crippen LogP contribution in [-0.2, 0) is 11.3 Å². The molecule has 3 rings (SSSR count). The summed E-state index contributed by atoms with van der Waals surface area (Å²) in [5, 5.41) is 3.04. The molecule has 0 spiro atoms. The van der Waals surface area contributed by atoms with E-state index in [2.05, 4.69) is 63.3 Å². The summed E-state index contributed by atoms with van der Waals surface area (Å²) >= 11 is 3.45. The Morgan fingerprint density at radius 1 is 1.26 bits per heavy atom. The molecule has 2 aromatic carbocycles. The van der Waals surface area contributed by atoms with Crippen molar-refractivity contribution in [2.75, 3.05) is 6.54 Å². The first-order chi connectivity index (χ1) is 11.1. The van der Waals surface area contributed by atoms with Crippen LogP contribution in [0.2, 0.25) is 0 Å². The summed E-state index contributed by atoms with van der Waals surface area (Å²) in [6.07, 6.45) is 0. The number of nitrogens with one attached hydrogen (secondary N) is 3. The summed E-state index contributed by atoms with van der Waals surface area (Å²) in [6, 6.07) is 16.3. The lowest BCUT2D eigenvalue weighted by Gasteiger charge is -2.18. The van der Waals surface area contributed by atoms with Crippen LogP contribution in [0.25, 0.3) is 0 Å². The smallest absolute Gasteiger partial charge is 0.226 e. The number of hydrogen-bond acceptors (Lipinski definition) is 3. The van der Waals surface area contributed by atoms with Gasteiger partial charge in [-0.25, -0.2) is 5.43 Å². The van der Waals surface area contributed by atoms with Crippen molar-refractivity contribution < 1.29 is 4.79 Å². The molecule has 23 heavy (non-hydrogen) atoms. The van der Waals surface area contributed by atoms with Gasteiger partial charge < -0.3 is 5.32 Å². The quantitative estimate of drug-likeness (QED) is 0.772. The van der Waals surface area contributed by atoms with Gasteiger partial charge in [0.25, 0.3) is 0 Å². The van der Waals surface area contributed by atoms with Crippen LogP contribution < -0.4 is 16.2 Å². The molecule has 0 radical (unpaired) electrons. The van der Waals surface area contributed by atoms with E-state index < -0.39 is 0 Å². The van der Waals surface area contributed by atoms with Gasteiger partial charge in [0.2, 0.25) is 5.91 Å². The molecule has 1 amide bonds. The maximum Gasteiger partial charge on any atom is 0.226 e. The fourth-order valence-electron chi connectivity index (χ4n) is 2.80. The van der Waals surface area contributed by atoms with Crippen molar-refractivity contribution in [2.45, 2.75) is 19.5 Å². The molecule has 1 heterocycles. The van der Waals surface area contributed by atoms with Gasteiger partial charge in [-0.3, -0.25) is 10.2 Å². The van der Waals surface area contributed by atoms with E-state index in [9.17, 15) is 4.79 Å². The minimum absolute atomic E-state index is 0.00175. The second-order valence-electron chi connectivity index (χ2n) is 5.87. The maximum absolute atomic E-state index is 12.6. The van der Waals surface area contributed by atoms with Gasteiger partial charge in [-0.05, 0) is 30.2 Å². The van der Waals surface area contributed by atoms with Crippen LogP contribution in [0.5, 0.6) is 0 Å². The van der Waals surface area contributed by atoms with E-state index in [1.807, 2.05) is 24.3 Å². The summed E-state index contributed by atoms with van der Waals surface area (Å²) in [7, 11) is 0. The zero-order chi connectivity index (χ0) is 16.2. The van der Waals surface area contributed by atoms with E-state index in [0.717, 1.165) is 15.6 Å². The predicted octanol–water partition coefficient (Wildman–Crippen LogP) is 2.84. The van der Waals surface area contributed by atoms with E-state index in [4.69, 9.17) is 0 Å². The van der Waals surface area contributed by atoms with E-state index in [-0.39, 0.29) is 17.9 Å². The summed E-state index contributed by atoms with van der Waals surface area (Å²) in [5.41, 5.74) is 9.75. The zero-order valence-corrected chi connectivity index (χ0v) is 14.6. The summed E-state index contributed by atoms with van der Waals surface area (Å²) in [6.45, 7) is 3.23. The van der Waals surface area contributed by atoms with Crippen LogP contribution in [0.3, 0.4) is 0 Å². The van der Waals surface area contributed by atoms with Crippen LogP contribution in [0.4, 0.5) is 0 Å². The Bertz CT molecular complexity index is 687. The normalized spacial score (nSPS) is 20.4. The highest BCUT2D eigenvalue weighted by Gasteiger charge is 2.33. The van der Waals surface area contributed by atoms with Gasteiger partial charge in [0.15, 0.2) is 0 Å². The highest BCUT2D eigenvalue weighted by Crippen LogP contribution is 2.25. The summed E-state index contributed by atoms with van der Waals surface area (Å²) in [4.78, 5) is 12.6. The number of carbonyl (C=O) groups is 1. The second kappa shape index (κ2) is 7.25. The Morgan fingerprint density at radius 3 is 2.78 bits per heavy atom. The summed E-state index contributed by atoms with van der Waals surface area (Å²) < 4.78 is 1.02. The minimum atomic E-state index is -0.121. The molecule has 0 aromatic heterocycles. The fourth-order valence-corrected chi connectivity index (χ4v) is 3.24. The number of amides is 1. The van der Waals surface area contributed by atoms with Crippen molar-refractivity contribution in [2.24, 2.45) is 5.92 Å². The SMILES string of the molecule is Cc1ccc(C2NNCC2C(=O)NCc2cccc(Br)c2)cc1. The van der Waals surface area contributed by atoms with Gasteiger partial charge in [0, 0.05) is 17.6 Å². The summed E-state index contributed by atoms with van der Waals surface area (Å²) in [5.74, 6) is -0.0575. The number of rotatable bonds is 4. The fraction of sp³-hybridized carbons (Fsp3) is 0.278. The molecule has 1 saturated heterocycles. The topological polar surface area (TPSA) is 53.2 Å². The molecule has 1 aliphatic heterocycles. The third-order valence-corrected chi connectivity index (χ3v) is 4.60. The molecule has 0 saturated carbocycles. The number of halogens is 1. The Balaban J connectivity index is 1.65. The van der Waals surface area contributed by atoms with Crippen LogP contribution in [-0.4, -0.2) is 12.5 Å². The van der Waals surface area contributed by atoms with Crippen LogP contribution in [0, 0.1) is 12.8 Å². The van der Waals surface area contributed by atoms with Crippen LogP contribution >= 0.6 is 15.9 Å². The lowest BCUT2D eigenvalue weighted by atomic mass is 9.93. The molecule has 2 aromatic rings. The number of aryl methyl sites for hydroxylation is 1. The number of hydrogen-bond donors (Lipinski definition) is 3. The number of carbonyl (C=O) groups excluding carboxylic acids is 1. The Hall–Kier alpha value is -1.69. The molecule has 1 fully saturated rings. The average Bonchev–Trinajstić information content (AvgIpc) is 3.03. The van der Waals surface area contributed by atoms with Crippen molar-refractivity contribution in [3.05, 3.63) is 69.7 Å². The first-order valence-electron chi connectivity index (χ1n) is 7.70. The van der Waals surface area contributed by atoms with Crippen molar-refractivity contribution >= 4 is 21.8 Å². The molecule has 2 unspecified atom stereocenters. The van der Waals surface area contributed by atoms with Crippen LogP contribution in [0.1, 0.15) is 22.7 Å². The van der Waals surface area contributed by atoms with Crippen LogP contribution in [0.15, 0.2) is 53.0 Å². The van der Waals surface area contributed by atoms with Gasteiger partial charge in [-0.15, -0.1) is 0 Å². The zero-order valence-electron chi connectivity index (χ0n) is 13.0. The van der Waals surface area contributed by atoms with Crippen molar-refractivity contribution in [3.8, 4) is 0 Å². The third kappa shape index (κ3) is 3.99. The van der Waals surface area contributed by atoms with Gasteiger partial charge in [0.05, 0.1) is 12.0 Å². The van der Waals surface area contributed by atoms with Gasteiger partial charge in [-0.2, -0.15) is 0 Å². The highest BCUT2D eigenvalue weighted by atomic mass is 79.9. The Kier molecular flexibility index (Phi) is 5.10. The predicted molar refractivity (Wildman–Crippen MR) is 94.5 cm³/mol. The average molecular weight is 374 g/mol. The highest BCUT2D eigenvalue weighted by molar-refractivity contribution is 9.10. The molecule has 1 aliphatic rings. The Labute approximate surface area is 144 Å². The standard InChI is InChI=1S/C18H20BrN3O/c1-12-5-7-14(8-6-12)17-16(11-21-22-17)18(23)20-10-13-3-2-4-15(19)9-13/h2-9,16-17,21-22H,10-11H2,1H3,(H,20,23). The molecule has 2 atom stereocenters. The van der Waals surface area contributed by atoms with E-state index in [0.29, 0.717) is 13.1 Å². The molecule has 120 valence electrons. The minimum Gasteiger partial charge on any atom is -0.352 e. The van der Waals surface area contributed by atoms with E-state index in [1.54, 1.807) is 0 Å². The van der Waals surface area contributed by atoms with Crippen molar-refractivity contribution in [3.63, 3.8) is 0 Å². The number of benzene rings is 2. The molecule has 3 N–H and O–H groups in total. The van der Waals surface area contributed by atoms with Crippen molar-refractivity contribution in [1.29, 1.82) is 0 Å². The first-order valence-corrected chi connectivity index (χ1v) is 8.50. The van der Waals surface area contributed by atoms with E-state index >= 15 is 0 Å². The molecule has 0 aliphatic carbocycles. The molecule has 4 nitrogen and oxygen atoms in total. The molecular formula is C18H20BrN3O. The second-order valence-corrected chi connectivity index (χ2v) is 6.78. The largest absolute Gasteiger partial charge is 0.352 e. The number of hydrazine groups is 1.